The Morgan fingerprint density at radius 2 is 1.55 bits per heavy atom. The van der Waals surface area contributed by atoms with E-state index in [0.29, 0.717) is 0 Å². The third-order valence-electron chi connectivity index (χ3n) is 5.19. The number of allylic oxidation sites excluding steroid dienone is 1. The van der Waals surface area contributed by atoms with Gasteiger partial charge in [-0.25, -0.2) is 26.9 Å². The van der Waals surface area contributed by atoms with E-state index in [1.165, 1.54) is 13.0 Å². The molecule has 0 spiro atoms. The van der Waals surface area contributed by atoms with E-state index >= 15 is 0 Å². The summed E-state index contributed by atoms with van der Waals surface area (Å²) in [4.78, 5) is 16.9. The van der Waals surface area contributed by atoms with Gasteiger partial charge in [0.25, 0.3) is 11.8 Å². The SMILES string of the molecule is C=CCC(C)(F)c1nc(-c2nc(NC3CC(F)(F)C3)nc(NC3CC(F)(F)C3)n2)cs1. The standard InChI is InChI=1S/C19H21F5N6S/c1-3-4-17(2,20)14-27-12(9-31-14)13-28-15(25-10-5-18(21,22)6-10)30-16(29-13)26-11-7-19(23,24)8-11/h3,9-11H,1,4-8H2,2H3,(H2,25,26,28,29,30). The molecule has 2 heterocycles. The van der Waals surface area contributed by atoms with Crippen LogP contribution in [-0.2, 0) is 5.67 Å². The molecule has 2 aliphatic rings. The fourth-order valence-electron chi connectivity index (χ4n) is 3.49. The van der Waals surface area contributed by atoms with Crippen molar-refractivity contribution < 1.29 is 22.0 Å². The molecular formula is C19H21F5N6S. The van der Waals surface area contributed by atoms with Crippen LogP contribution in [-0.4, -0.2) is 43.9 Å². The number of hydrogen-bond donors (Lipinski definition) is 2. The van der Waals surface area contributed by atoms with Gasteiger partial charge in [-0.15, -0.1) is 17.9 Å². The van der Waals surface area contributed by atoms with Crippen LogP contribution in [0.5, 0.6) is 0 Å². The van der Waals surface area contributed by atoms with Gasteiger partial charge in [0.2, 0.25) is 11.9 Å². The van der Waals surface area contributed by atoms with Crippen molar-refractivity contribution in [2.45, 2.75) is 68.6 Å². The molecule has 2 fully saturated rings. The number of thiazole rings is 1. The Hall–Kier alpha value is -2.37. The van der Waals surface area contributed by atoms with Crippen LogP contribution in [0.3, 0.4) is 0 Å². The molecule has 0 aromatic carbocycles. The van der Waals surface area contributed by atoms with Gasteiger partial charge in [0.15, 0.2) is 11.5 Å². The van der Waals surface area contributed by atoms with E-state index < -0.39 is 29.6 Å². The van der Waals surface area contributed by atoms with Crippen molar-refractivity contribution >= 4 is 23.2 Å². The number of anilines is 2. The summed E-state index contributed by atoms with van der Waals surface area (Å²) in [5.74, 6) is -5.31. The minimum atomic E-state index is -2.73. The molecule has 6 nitrogen and oxygen atoms in total. The summed E-state index contributed by atoms with van der Waals surface area (Å²) in [7, 11) is 0. The molecule has 4 rings (SSSR count). The quantitative estimate of drug-likeness (QED) is 0.418. The molecule has 0 saturated heterocycles. The van der Waals surface area contributed by atoms with Gasteiger partial charge in [0.1, 0.15) is 10.7 Å². The van der Waals surface area contributed by atoms with Crippen molar-refractivity contribution in [2.75, 3.05) is 10.6 Å². The van der Waals surface area contributed by atoms with Crippen molar-refractivity contribution in [2.24, 2.45) is 0 Å². The van der Waals surface area contributed by atoms with Gasteiger partial charge in [-0.05, 0) is 6.92 Å². The lowest BCUT2D eigenvalue weighted by atomic mass is 9.88. The number of halogens is 5. The van der Waals surface area contributed by atoms with Crippen LogP contribution >= 0.6 is 11.3 Å². The first kappa shape index (κ1) is 21.8. The molecule has 12 heteroatoms. The number of rotatable bonds is 8. The molecule has 0 bridgehead atoms. The third kappa shape index (κ3) is 4.94. The van der Waals surface area contributed by atoms with Crippen LogP contribution < -0.4 is 10.6 Å². The van der Waals surface area contributed by atoms with Crippen LogP contribution in [0.4, 0.5) is 33.8 Å². The average molecular weight is 460 g/mol. The van der Waals surface area contributed by atoms with Crippen molar-refractivity contribution in [3.63, 3.8) is 0 Å². The molecule has 0 radical (unpaired) electrons. The van der Waals surface area contributed by atoms with Crippen LogP contribution in [0, 0.1) is 0 Å². The fourth-order valence-corrected chi connectivity index (χ4v) is 4.35. The van der Waals surface area contributed by atoms with E-state index in [1.807, 2.05) is 0 Å². The van der Waals surface area contributed by atoms with Crippen molar-refractivity contribution in [1.82, 2.24) is 19.9 Å². The highest BCUT2D eigenvalue weighted by molar-refractivity contribution is 7.10. The zero-order valence-electron chi connectivity index (χ0n) is 16.6. The summed E-state index contributed by atoms with van der Waals surface area (Å²) >= 11 is 1.09. The second-order valence-corrected chi connectivity index (χ2v) is 9.10. The lowest BCUT2D eigenvalue weighted by Gasteiger charge is -2.36. The lowest BCUT2D eigenvalue weighted by molar-refractivity contribution is -0.0799. The molecule has 2 N–H and O–H groups in total. The second-order valence-electron chi connectivity index (χ2n) is 8.25. The maximum Gasteiger partial charge on any atom is 0.252 e. The molecule has 1 atom stereocenters. The first-order chi connectivity index (χ1) is 14.4. The van der Waals surface area contributed by atoms with Crippen molar-refractivity contribution in [3.05, 3.63) is 23.0 Å². The molecule has 168 valence electrons. The number of alkyl halides is 5. The Morgan fingerprint density at radius 1 is 1.03 bits per heavy atom. The monoisotopic (exact) mass is 460 g/mol. The summed E-state index contributed by atoms with van der Waals surface area (Å²) < 4.78 is 67.4. The predicted molar refractivity (Wildman–Crippen MR) is 107 cm³/mol. The zero-order valence-corrected chi connectivity index (χ0v) is 17.5. The van der Waals surface area contributed by atoms with E-state index in [2.05, 4.69) is 37.1 Å². The third-order valence-corrected chi connectivity index (χ3v) is 6.27. The molecule has 2 aliphatic carbocycles. The van der Waals surface area contributed by atoms with Gasteiger partial charge in [-0.2, -0.15) is 15.0 Å². The minimum Gasteiger partial charge on any atom is -0.351 e. The molecular weight excluding hydrogens is 439 g/mol. The number of nitrogens with zero attached hydrogens (tertiary/aromatic N) is 4. The van der Waals surface area contributed by atoms with Crippen molar-refractivity contribution in [1.29, 1.82) is 0 Å². The average Bonchev–Trinajstić information content (AvgIpc) is 3.09. The normalized spacial score (nSPS) is 22.1. The van der Waals surface area contributed by atoms with Gasteiger partial charge >= 0.3 is 0 Å². The first-order valence-corrected chi connectivity index (χ1v) is 10.6. The molecule has 2 aromatic heterocycles. The van der Waals surface area contributed by atoms with Crippen LogP contribution in [0.2, 0.25) is 0 Å². The fraction of sp³-hybridized carbons (Fsp3) is 0.579. The molecule has 2 aromatic rings. The highest BCUT2D eigenvalue weighted by Crippen LogP contribution is 2.40. The Kier molecular flexibility index (Phi) is 5.39. The minimum absolute atomic E-state index is 0.0303. The van der Waals surface area contributed by atoms with Crippen molar-refractivity contribution in [3.8, 4) is 11.5 Å². The smallest absolute Gasteiger partial charge is 0.252 e. The zero-order chi connectivity index (χ0) is 22.4. The summed E-state index contributed by atoms with van der Waals surface area (Å²) in [5.41, 5.74) is -1.44. The maximum absolute atomic E-state index is 14.8. The Bertz CT molecular complexity index is 918. The number of hydrogen-bond acceptors (Lipinski definition) is 7. The largest absolute Gasteiger partial charge is 0.351 e. The first-order valence-electron chi connectivity index (χ1n) is 9.76. The van der Waals surface area contributed by atoms with E-state index in [0.717, 1.165) is 11.3 Å². The van der Waals surface area contributed by atoms with E-state index in [-0.39, 0.29) is 60.5 Å². The topological polar surface area (TPSA) is 75.6 Å². The van der Waals surface area contributed by atoms with Gasteiger partial charge in [-0.3, -0.25) is 0 Å². The van der Waals surface area contributed by atoms with Gasteiger partial charge in [0.05, 0.1) is 0 Å². The number of aromatic nitrogens is 4. The van der Waals surface area contributed by atoms with Crippen LogP contribution in [0.1, 0.15) is 44.0 Å². The van der Waals surface area contributed by atoms with E-state index in [9.17, 15) is 22.0 Å². The summed E-state index contributed by atoms with van der Waals surface area (Å²) in [5, 5.41) is 7.44. The Balaban J connectivity index is 1.58. The van der Waals surface area contributed by atoms with Gasteiger partial charge in [-0.1, -0.05) is 6.08 Å². The summed E-state index contributed by atoms with van der Waals surface area (Å²) in [6.07, 6.45) is 0.115. The summed E-state index contributed by atoms with van der Waals surface area (Å²) in [6.45, 7) is 4.93. The highest BCUT2D eigenvalue weighted by atomic mass is 32.1. The second kappa shape index (κ2) is 7.64. The molecule has 31 heavy (non-hydrogen) atoms. The maximum atomic E-state index is 14.8. The lowest BCUT2D eigenvalue weighted by Crippen LogP contribution is -2.45. The van der Waals surface area contributed by atoms with E-state index in [1.54, 1.807) is 5.38 Å². The number of nitrogens with one attached hydrogen (secondary N) is 2. The highest BCUT2D eigenvalue weighted by Gasteiger charge is 2.46. The van der Waals surface area contributed by atoms with Gasteiger partial charge in [0, 0.05) is 49.6 Å². The van der Waals surface area contributed by atoms with E-state index in [4.69, 9.17) is 0 Å². The Morgan fingerprint density at radius 3 is 2.00 bits per heavy atom. The molecule has 0 aliphatic heterocycles. The van der Waals surface area contributed by atoms with Crippen LogP contribution in [0.15, 0.2) is 18.0 Å². The molecule has 2 saturated carbocycles. The molecule has 1 unspecified atom stereocenters. The van der Waals surface area contributed by atoms with Gasteiger partial charge < -0.3 is 10.6 Å². The summed E-state index contributed by atoms with van der Waals surface area (Å²) in [6, 6.07) is -1.03. The predicted octanol–water partition coefficient (Wildman–Crippen LogP) is 5.18. The Labute approximate surface area is 179 Å². The molecule has 0 amide bonds. The van der Waals surface area contributed by atoms with Crippen LogP contribution in [0.25, 0.3) is 11.5 Å².